The number of anilines is 1. The molecule has 3 rings (SSSR count). The molecule has 0 saturated carbocycles. The highest BCUT2D eigenvalue weighted by molar-refractivity contribution is 5.75. The Hall–Kier alpha value is -3.83. The van der Waals surface area contributed by atoms with Gasteiger partial charge in [0.25, 0.3) is 0 Å². The van der Waals surface area contributed by atoms with Crippen molar-refractivity contribution in [2.24, 2.45) is 0 Å². The molecule has 0 saturated heterocycles. The summed E-state index contributed by atoms with van der Waals surface area (Å²) in [4.78, 5) is 19.8. The minimum absolute atomic E-state index is 0.219. The molecule has 2 heterocycles. The summed E-state index contributed by atoms with van der Waals surface area (Å²) < 4.78 is 41.6. The average molecular weight is 393 g/mol. The lowest BCUT2D eigenvalue weighted by atomic mass is 10.3. The molecule has 2 aromatic heterocycles. The van der Waals surface area contributed by atoms with Gasteiger partial charge in [0.2, 0.25) is 0 Å². The number of alkyl halides is 3. The van der Waals surface area contributed by atoms with Gasteiger partial charge < -0.3 is 10.1 Å². The summed E-state index contributed by atoms with van der Waals surface area (Å²) in [6.45, 7) is 0.219. The number of pyridine rings is 1. The van der Waals surface area contributed by atoms with Gasteiger partial charge in [-0.25, -0.2) is 19.4 Å². The van der Waals surface area contributed by atoms with Gasteiger partial charge in [-0.3, -0.25) is 10.9 Å². The number of rotatable bonds is 6. The fraction of sp³-hybridized carbons (Fsp3) is 0.125. The van der Waals surface area contributed by atoms with Crippen molar-refractivity contribution in [3.63, 3.8) is 0 Å². The van der Waals surface area contributed by atoms with Crippen LogP contribution < -0.4 is 20.9 Å². The van der Waals surface area contributed by atoms with E-state index in [1.165, 1.54) is 29.5 Å². The lowest BCUT2D eigenvalue weighted by molar-refractivity contribution is -0.274. The number of halogens is 3. The fourth-order valence-corrected chi connectivity index (χ4v) is 2.08. The molecular weight excluding hydrogens is 379 g/mol. The Morgan fingerprint density at radius 3 is 2.54 bits per heavy atom. The third kappa shape index (κ3) is 5.59. The number of nitrogens with one attached hydrogen (secondary N) is 3. The normalized spacial score (nSPS) is 11.0. The average Bonchev–Trinajstić information content (AvgIpc) is 3.20. The Labute approximate surface area is 156 Å². The lowest BCUT2D eigenvalue weighted by Crippen LogP contribution is -2.38. The Morgan fingerprint density at radius 1 is 1.14 bits per heavy atom. The van der Waals surface area contributed by atoms with Crippen LogP contribution in [0.1, 0.15) is 5.56 Å². The zero-order valence-corrected chi connectivity index (χ0v) is 14.1. The van der Waals surface area contributed by atoms with E-state index in [1.807, 2.05) is 0 Å². The molecule has 0 aliphatic heterocycles. The van der Waals surface area contributed by atoms with E-state index in [0.717, 1.165) is 17.7 Å². The zero-order chi connectivity index (χ0) is 20.0. The molecule has 0 unspecified atom stereocenters. The first-order valence-corrected chi connectivity index (χ1v) is 7.85. The van der Waals surface area contributed by atoms with Crippen LogP contribution in [0.3, 0.4) is 0 Å². The number of amides is 2. The molecule has 146 valence electrons. The van der Waals surface area contributed by atoms with Crippen molar-refractivity contribution in [2.45, 2.75) is 12.9 Å². The molecule has 0 atom stereocenters. The van der Waals surface area contributed by atoms with E-state index < -0.39 is 12.4 Å². The van der Waals surface area contributed by atoms with E-state index in [-0.39, 0.29) is 12.3 Å². The molecule has 2 amide bonds. The minimum atomic E-state index is -4.75. The first-order valence-electron chi connectivity index (χ1n) is 7.85. The van der Waals surface area contributed by atoms with Gasteiger partial charge in [0.05, 0.1) is 5.69 Å². The fourth-order valence-electron chi connectivity index (χ4n) is 2.08. The van der Waals surface area contributed by atoms with Crippen molar-refractivity contribution in [1.29, 1.82) is 0 Å². The molecule has 0 aliphatic carbocycles. The predicted octanol–water partition coefficient (Wildman–Crippen LogP) is 2.39. The Balaban J connectivity index is 1.43. The highest BCUT2D eigenvalue weighted by Crippen LogP contribution is 2.23. The first-order chi connectivity index (χ1) is 13.4. The summed E-state index contributed by atoms with van der Waals surface area (Å²) in [5.41, 5.74) is 6.07. The van der Waals surface area contributed by atoms with E-state index in [4.69, 9.17) is 0 Å². The number of carbonyl (C=O) groups is 1. The zero-order valence-electron chi connectivity index (χ0n) is 14.1. The van der Waals surface area contributed by atoms with Gasteiger partial charge in [0.1, 0.15) is 18.4 Å². The van der Waals surface area contributed by atoms with Gasteiger partial charge in [-0.2, -0.15) is 5.10 Å². The van der Waals surface area contributed by atoms with Crippen LogP contribution in [0.2, 0.25) is 0 Å². The quantitative estimate of drug-likeness (QED) is 0.556. The third-order valence-corrected chi connectivity index (χ3v) is 3.32. The minimum Gasteiger partial charge on any atom is -0.406 e. The molecule has 0 spiro atoms. The standard InChI is InChI=1S/C16H14F3N7O2/c17-16(18,19)28-13-4-2-12(3-5-13)24-25-15(27)22-8-11-1-6-14(21-7-11)26-10-20-9-23-26/h1-7,9-10,24H,8H2,(H2,22,25,27). The molecule has 9 nitrogen and oxygen atoms in total. The summed E-state index contributed by atoms with van der Waals surface area (Å²) in [6, 6.07) is 7.87. The molecule has 3 N–H and O–H groups in total. The summed E-state index contributed by atoms with van der Waals surface area (Å²) in [5, 5.41) is 6.56. The third-order valence-electron chi connectivity index (χ3n) is 3.32. The van der Waals surface area contributed by atoms with Crippen LogP contribution in [-0.2, 0) is 6.54 Å². The monoisotopic (exact) mass is 393 g/mol. The van der Waals surface area contributed by atoms with Gasteiger partial charge >= 0.3 is 12.4 Å². The molecule has 28 heavy (non-hydrogen) atoms. The van der Waals surface area contributed by atoms with Gasteiger partial charge in [0, 0.05) is 12.7 Å². The molecule has 0 fully saturated rings. The van der Waals surface area contributed by atoms with Gasteiger partial charge in [-0.1, -0.05) is 6.07 Å². The maximum Gasteiger partial charge on any atom is 0.573 e. The van der Waals surface area contributed by atoms with E-state index >= 15 is 0 Å². The van der Waals surface area contributed by atoms with Gasteiger partial charge in [-0.15, -0.1) is 13.2 Å². The van der Waals surface area contributed by atoms with Gasteiger partial charge in [0.15, 0.2) is 5.82 Å². The number of ether oxygens (including phenoxy) is 1. The lowest BCUT2D eigenvalue weighted by Gasteiger charge is -2.12. The van der Waals surface area contributed by atoms with E-state index in [0.29, 0.717) is 11.5 Å². The highest BCUT2D eigenvalue weighted by Gasteiger charge is 2.30. The number of hydrazine groups is 1. The van der Waals surface area contributed by atoms with Crippen LogP contribution in [0.4, 0.5) is 23.7 Å². The second-order valence-corrected chi connectivity index (χ2v) is 5.37. The first kappa shape index (κ1) is 18.9. The molecule has 1 aromatic carbocycles. The van der Waals surface area contributed by atoms with Crippen molar-refractivity contribution < 1.29 is 22.7 Å². The molecule has 3 aromatic rings. The van der Waals surface area contributed by atoms with Crippen molar-refractivity contribution in [2.75, 3.05) is 5.43 Å². The van der Waals surface area contributed by atoms with Crippen molar-refractivity contribution in [1.82, 2.24) is 30.5 Å². The topological polar surface area (TPSA) is 106 Å². The molecule has 12 heteroatoms. The summed E-state index contributed by atoms with van der Waals surface area (Å²) >= 11 is 0. The van der Waals surface area contributed by atoms with Crippen molar-refractivity contribution in [3.8, 4) is 11.6 Å². The summed E-state index contributed by atoms with van der Waals surface area (Å²) in [5.74, 6) is 0.231. The number of carbonyl (C=O) groups excluding carboxylic acids is 1. The second kappa shape index (κ2) is 8.24. The van der Waals surface area contributed by atoms with Crippen LogP contribution in [-0.4, -0.2) is 32.1 Å². The van der Waals surface area contributed by atoms with E-state index in [2.05, 4.69) is 36.0 Å². The van der Waals surface area contributed by atoms with E-state index in [9.17, 15) is 18.0 Å². The van der Waals surface area contributed by atoms with Crippen molar-refractivity contribution in [3.05, 3.63) is 60.8 Å². The summed E-state index contributed by atoms with van der Waals surface area (Å²) in [6.07, 6.45) is -0.258. The maximum atomic E-state index is 12.1. The number of hydrogen-bond donors (Lipinski definition) is 3. The largest absolute Gasteiger partial charge is 0.573 e. The molecular formula is C16H14F3N7O2. The van der Waals surface area contributed by atoms with Crippen LogP contribution in [0.15, 0.2) is 55.2 Å². The number of hydrogen-bond acceptors (Lipinski definition) is 6. The number of urea groups is 1. The molecule has 0 bridgehead atoms. The van der Waals surface area contributed by atoms with E-state index in [1.54, 1.807) is 18.3 Å². The predicted molar refractivity (Wildman–Crippen MR) is 91.3 cm³/mol. The Morgan fingerprint density at radius 2 is 1.93 bits per heavy atom. The SMILES string of the molecule is O=C(NCc1ccc(-n2cncn2)nc1)NNc1ccc(OC(F)(F)F)cc1. The molecule has 0 radical (unpaired) electrons. The maximum absolute atomic E-state index is 12.1. The molecule has 0 aliphatic rings. The van der Waals surface area contributed by atoms with Gasteiger partial charge in [-0.05, 0) is 35.9 Å². The number of nitrogens with zero attached hydrogens (tertiary/aromatic N) is 4. The van der Waals surface area contributed by atoms with Crippen molar-refractivity contribution >= 4 is 11.7 Å². The second-order valence-electron chi connectivity index (χ2n) is 5.37. The number of benzene rings is 1. The van der Waals surface area contributed by atoms with Crippen LogP contribution in [0.5, 0.6) is 5.75 Å². The Kier molecular flexibility index (Phi) is 5.58. The van der Waals surface area contributed by atoms with Crippen LogP contribution in [0.25, 0.3) is 5.82 Å². The van der Waals surface area contributed by atoms with Crippen LogP contribution >= 0.6 is 0 Å². The smallest absolute Gasteiger partial charge is 0.406 e. The highest BCUT2D eigenvalue weighted by atomic mass is 19.4. The Bertz CT molecular complexity index is 897. The summed E-state index contributed by atoms with van der Waals surface area (Å²) in [7, 11) is 0. The van der Waals surface area contributed by atoms with Crippen LogP contribution in [0, 0.1) is 0 Å². The number of aromatic nitrogens is 4.